The van der Waals surface area contributed by atoms with Crippen molar-refractivity contribution >= 4 is 21.7 Å². The molecular weight excluding hydrogens is 338 g/mol. The molecule has 0 bridgehead atoms. The monoisotopic (exact) mass is 361 g/mol. The molecule has 134 valence electrons. The van der Waals surface area contributed by atoms with E-state index in [1.807, 2.05) is 26.0 Å². The SMILES string of the molecule is CCNc1cc(N2CCN(S(=O)(=O)c3ccccc3)CC2)nc(C)n1. The molecule has 0 atom stereocenters. The summed E-state index contributed by atoms with van der Waals surface area (Å²) < 4.78 is 26.9. The van der Waals surface area contributed by atoms with Crippen LogP contribution >= 0.6 is 0 Å². The van der Waals surface area contributed by atoms with Crippen molar-refractivity contribution in [2.45, 2.75) is 18.7 Å². The van der Waals surface area contributed by atoms with Crippen LogP contribution in [0.1, 0.15) is 12.7 Å². The highest BCUT2D eigenvalue weighted by Crippen LogP contribution is 2.21. The Labute approximate surface area is 148 Å². The normalized spacial score (nSPS) is 16.0. The highest BCUT2D eigenvalue weighted by atomic mass is 32.2. The highest BCUT2D eigenvalue weighted by Gasteiger charge is 2.28. The van der Waals surface area contributed by atoms with Crippen molar-refractivity contribution < 1.29 is 8.42 Å². The van der Waals surface area contributed by atoms with Crippen molar-refractivity contribution in [3.8, 4) is 0 Å². The van der Waals surface area contributed by atoms with Gasteiger partial charge in [-0.25, -0.2) is 18.4 Å². The van der Waals surface area contributed by atoms with Crippen LogP contribution in [0.2, 0.25) is 0 Å². The molecular formula is C17H23N5O2S. The summed E-state index contributed by atoms with van der Waals surface area (Å²) in [5.41, 5.74) is 0. The zero-order chi connectivity index (χ0) is 17.9. The number of hydrogen-bond donors (Lipinski definition) is 1. The Bertz CT molecular complexity index is 818. The minimum atomic E-state index is -3.43. The van der Waals surface area contributed by atoms with Crippen LogP contribution in [-0.4, -0.2) is 55.4 Å². The number of anilines is 2. The fourth-order valence-electron chi connectivity index (χ4n) is 2.88. The molecule has 1 fully saturated rings. The number of hydrogen-bond acceptors (Lipinski definition) is 6. The van der Waals surface area contributed by atoms with Gasteiger partial charge in [0.15, 0.2) is 0 Å². The van der Waals surface area contributed by atoms with Crippen molar-refractivity contribution in [1.82, 2.24) is 14.3 Å². The molecule has 0 unspecified atom stereocenters. The van der Waals surface area contributed by atoms with Crippen LogP contribution in [0.3, 0.4) is 0 Å². The molecule has 1 N–H and O–H groups in total. The predicted molar refractivity (Wildman–Crippen MR) is 98.3 cm³/mol. The van der Waals surface area contributed by atoms with Gasteiger partial charge < -0.3 is 10.2 Å². The van der Waals surface area contributed by atoms with Crippen LogP contribution in [0, 0.1) is 6.92 Å². The van der Waals surface area contributed by atoms with E-state index in [1.54, 1.807) is 24.3 Å². The largest absolute Gasteiger partial charge is 0.370 e. The molecule has 1 aromatic heterocycles. The molecule has 3 rings (SSSR count). The second-order valence-electron chi connectivity index (χ2n) is 5.89. The summed E-state index contributed by atoms with van der Waals surface area (Å²) in [5, 5.41) is 3.20. The first kappa shape index (κ1) is 17.6. The van der Waals surface area contributed by atoms with Gasteiger partial charge in [-0.3, -0.25) is 0 Å². The molecule has 8 heteroatoms. The van der Waals surface area contributed by atoms with Gasteiger partial charge >= 0.3 is 0 Å². The Morgan fingerprint density at radius 2 is 1.76 bits per heavy atom. The van der Waals surface area contributed by atoms with Gasteiger partial charge in [-0.15, -0.1) is 0 Å². The summed E-state index contributed by atoms with van der Waals surface area (Å²) >= 11 is 0. The minimum Gasteiger partial charge on any atom is -0.370 e. The van der Waals surface area contributed by atoms with Gasteiger partial charge in [-0.05, 0) is 26.0 Å². The predicted octanol–water partition coefficient (Wildman–Crippen LogP) is 1.73. The van der Waals surface area contributed by atoms with E-state index in [4.69, 9.17) is 0 Å². The molecule has 1 aromatic carbocycles. The van der Waals surface area contributed by atoms with Crippen LogP contribution in [0.4, 0.5) is 11.6 Å². The summed E-state index contributed by atoms with van der Waals surface area (Å²) in [6, 6.07) is 10.5. The molecule has 25 heavy (non-hydrogen) atoms. The third kappa shape index (κ3) is 3.91. The van der Waals surface area contributed by atoms with Crippen LogP contribution in [0.5, 0.6) is 0 Å². The van der Waals surface area contributed by atoms with Crippen LogP contribution in [0.15, 0.2) is 41.3 Å². The van der Waals surface area contributed by atoms with Crippen LogP contribution in [-0.2, 0) is 10.0 Å². The number of benzene rings is 1. The van der Waals surface area contributed by atoms with Crippen molar-refractivity contribution in [1.29, 1.82) is 0 Å². The van der Waals surface area contributed by atoms with Crippen molar-refractivity contribution in [2.75, 3.05) is 42.9 Å². The maximum absolute atomic E-state index is 12.7. The van der Waals surface area contributed by atoms with Crippen molar-refractivity contribution in [3.05, 3.63) is 42.2 Å². The Balaban J connectivity index is 1.72. The summed E-state index contributed by atoms with van der Waals surface area (Å²) in [7, 11) is -3.43. The number of aromatic nitrogens is 2. The second kappa shape index (κ2) is 7.37. The third-order valence-corrected chi connectivity index (χ3v) is 6.04. The van der Waals surface area contributed by atoms with Crippen molar-refractivity contribution in [3.63, 3.8) is 0 Å². The lowest BCUT2D eigenvalue weighted by Gasteiger charge is -2.34. The van der Waals surface area contributed by atoms with Gasteiger partial charge in [-0.2, -0.15) is 4.31 Å². The van der Waals surface area contributed by atoms with Crippen molar-refractivity contribution in [2.24, 2.45) is 0 Å². The topological polar surface area (TPSA) is 78.4 Å². The van der Waals surface area contributed by atoms with Crippen LogP contribution < -0.4 is 10.2 Å². The molecule has 2 heterocycles. The molecule has 1 saturated heterocycles. The zero-order valence-electron chi connectivity index (χ0n) is 14.5. The third-order valence-electron chi connectivity index (χ3n) is 4.13. The van der Waals surface area contributed by atoms with E-state index in [2.05, 4.69) is 20.2 Å². The second-order valence-corrected chi connectivity index (χ2v) is 7.83. The first-order chi connectivity index (χ1) is 12.0. The highest BCUT2D eigenvalue weighted by molar-refractivity contribution is 7.89. The van der Waals surface area contributed by atoms with Gasteiger partial charge in [0.1, 0.15) is 17.5 Å². The van der Waals surface area contributed by atoms with Gasteiger partial charge in [0.2, 0.25) is 10.0 Å². The van der Waals surface area contributed by atoms with E-state index >= 15 is 0 Å². The maximum Gasteiger partial charge on any atom is 0.243 e. The number of nitrogens with zero attached hydrogens (tertiary/aromatic N) is 4. The zero-order valence-corrected chi connectivity index (χ0v) is 15.3. The smallest absolute Gasteiger partial charge is 0.243 e. The number of aryl methyl sites for hydroxylation is 1. The van der Waals surface area contributed by atoms with E-state index in [1.165, 1.54) is 4.31 Å². The Hall–Kier alpha value is -2.19. The number of nitrogens with one attached hydrogen (secondary N) is 1. The minimum absolute atomic E-state index is 0.343. The lowest BCUT2D eigenvalue weighted by Crippen LogP contribution is -2.49. The lowest BCUT2D eigenvalue weighted by molar-refractivity contribution is 0.383. The molecule has 0 amide bonds. The van der Waals surface area contributed by atoms with Crippen LogP contribution in [0.25, 0.3) is 0 Å². The fraction of sp³-hybridized carbons (Fsp3) is 0.412. The molecule has 1 aliphatic rings. The number of sulfonamides is 1. The number of rotatable bonds is 5. The Kier molecular flexibility index (Phi) is 5.19. The average Bonchev–Trinajstić information content (AvgIpc) is 2.62. The standard InChI is InChI=1S/C17H23N5O2S/c1-3-18-16-13-17(20-14(2)19-16)21-9-11-22(12-10-21)25(23,24)15-7-5-4-6-8-15/h4-8,13H,3,9-12H2,1-2H3,(H,18,19,20). The van der Waals surface area contributed by atoms with E-state index in [0.717, 1.165) is 18.2 Å². The molecule has 2 aromatic rings. The van der Waals surface area contributed by atoms with Gasteiger partial charge in [0.25, 0.3) is 0 Å². The van der Waals surface area contributed by atoms with Gasteiger partial charge in [0, 0.05) is 38.8 Å². The molecule has 0 saturated carbocycles. The lowest BCUT2D eigenvalue weighted by atomic mass is 10.3. The van der Waals surface area contributed by atoms with Gasteiger partial charge in [-0.1, -0.05) is 18.2 Å². The first-order valence-corrected chi connectivity index (χ1v) is 9.84. The molecule has 7 nitrogen and oxygen atoms in total. The molecule has 1 aliphatic heterocycles. The van der Waals surface area contributed by atoms with E-state index in [-0.39, 0.29) is 0 Å². The first-order valence-electron chi connectivity index (χ1n) is 8.40. The summed E-state index contributed by atoms with van der Waals surface area (Å²) in [6.45, 7) is 6.76. The van der Waals surface area contributed by atoms with E-state index in [9.17, 15) is 8.42 Å². The van der Waals surface area contributed by atoms with E-state index < -0.39 is 10.0 Å². The van der Waals surface area contributed by atoms with E-state index in [0.29, 0.717) is 36.9 Å². The fourth-order valence-corrected chi connectivity index (χ4v) is 4.33. The number of piperazine rings is 1. The molecule has 0 aliphatic carbocycles. The van der Waals surface area contributed by atoms with Gasteiger partial charge in [0.05, 0.1) is 4.90 Å². The summed E-state index contributed by atoms with van der Waals surface area (Å²) in [5.74, 6) is 2.33. The Morgan fingerprint density at radius 1 is 1.08 bits per heavy atom. The molecule has 0 radical (unpaired) electrons. The summed E-state index contributed by atoms with van der Waals surface area (Å²) in [4.78, 5) is 11.3. The average molecular weight is 361 g/mol. The Morgan fingerprint density at radius 3 is 2.40 bits per heavy atom. The summed E-state index contributed by atoms with van der Waals surface area (Å²) in [6.07, 6.45) is 0. The maximum atomic E-state index is 12.7. The molecule has 0 spiro atoms. The quantitative estimate of drug-likeness (QED) is 0.874.